The normalized spacial score (nSPS) is 12.6. The van der Waals surface area contributed by atoms with Crippen molar-refractivity contribution in [3.63, 3.8) is 0 Å². The molecule has 0 saturated heterocycles. The fourth-order valence-corrected chi connectivity index (χ4v) is 2.44. The van der Waals surface area contributed by atoms with Crippen LogP contribution in [0.3, 0.4) is 0 Å². The van der Waals surface area contributed by atoms with Gasteiger partial charge in [-0.25, -0.2) is 4.98 Å². The third kappa shape index (κ3) is 7.73. The number of rotatable bonds is 8. The molecule has 2 aromatic heterocycles. The zero-order valence-electron chi connectivity index (χ0n) is 20.6. The number of hydrogen-bond donors (Lipinski definition) is 2. The van der Waals surface area contributed by atoms with Crippen LogP contribution in [0.25, 0.3) is 5.57 Å². The molecule has 0 aliphatic heterocycles. The summed E-state index contributed by atoms with van der Waals surface area (Å²) < 4.78 is 6.53. The van der Waals surface area contributed by atoms with E-state index >= 15 is 0 Å². The monoisotopic (exact) mass is 470 g/mol. The van der Waals surface area contributed by atoms with Gasteiger partial charge in [0.05, 0.1) is 18.8 Å². The molecule has 34 heavy (non-hydrogen) atoms. The average molecular weight is 471 g/mol. The van der Waals surface area contributed by atoms with Gasteiger partial charge in [-0.2, -0.15) is 0 Å². The number of carbonyl (C=O) groups is 2. The van der Waals surface area contributed by atoms with Crippen molar-refractivity contribution in [1.82, 2.24) is 19.7 Å². The van der Waals surface area contributed by atoms with Crippen molar-refractivity contribution in [2.24, 2.45) is 11.7 Å². The van der Waals surface area contributed by atoms with Gasteiger partial charge in [-0.05, 0) is 12.8 Å². The van der Waals surface area contributed by atoms with Crippen LogP contribution in [0, 0.1) is 5.92 Å². The number of hydrogen-bond acceptors (Lipinski definition) is 9. The van der Waals surface area contributed by atoms with E-state index < -0.39 is 11.6 Å². The van der Waals surface area contributed by atoms with Crippen LogP contribution in [0.5, 0.6) is 0 Å². The SMILES string of the molecule is C=C(/C=C\C=C/C)c1ncc(N)c(=O)n1CC=O.CC(C)C(N)C(=O)c1nnc(C(C)(C)C)o1. The van der Waals surface area contributed by atoms with Crippen LogP contribution in [0.15, 0.2) is 46.3 Å². The fraction of sp³-hybridized carbons (Fsp3) is 0.417. The largest absolute Gasteiger partial charge is 0.418 e. The number of nitrogen functional groups attached to an aromatic ring is 1. The summed E-state index contributed by atoms with van der Waals surface area (Å²) in [4.78, 5) is 38.2. The predicted molar refractivity (Wildman–Crippen MR) is 132 cm³/mol. The second kappa shape index (κ2) is 12.5. The van der Waals surface area contributed by atoms with Crippen LogP contribution in [-0.2, 0) is 16.8 Å². The molecule has 0 saturated carbocycles. The van der Waals surface area contributed by atoms with Crippen molar-refractivity contribution >= 4 is 23.3 Å². The molecule has 0 spiro atoms. The van der Waals surface area contributed by atoms with Crippen molar-refractivity contribution in [3.05, 3.63) is 65.0 Å². The standard InChI is InChI=1S/C13H15N3O2.C11H19N3O2/c1-3-4-5-6-10(2)12-15-9-11(14)13(18)16(12)7-8-17;1-6(2)7(12)8(15)9-13-14-10(16-9)11(3,4)5/h3-6,8-9H,2,7,14H2,1H3;6-7H,12H2,1-5H3/b4-3-,6-5-;. The summed E-state index contributed by atoms with van der Waals surface area (Å²) >= 11 is 0. The molecule has 2 aromatic rings. The van der Waals surface area contributed by atoms with Gasteiger partial charge in [0.2, 0.25) is 11.7 Å². The molecule has 4 N–H and O–H groups in total. The lowest BCUT2D eigenvalue weighted by molar-refractivity contribution is -0.108. The van der Waals surface area contributed by atoms with Crippen LogP contribution in [0.1, 0.15) is 63.9 Å². The molecule has 0 aliphatic rings. The van der Waals surface area contributed by atoms with Crippen LogP contribution in [-0.4, -0.2) is 37.9 Å². The summed E-state index contributed by atoms with van der Waals surface area (Å²) in [5, 5.41) is 7.60. The molecule has 0 aromatic carbocycles. The van der Waals surface area contributed by atoms with Gasteiger partial charge in [-0.15, -0.1) is 10.2 Å². The van der Waals surface area contributed by atoms with Gasteiger partial charge in [0.1, 0.15) is 17.8 Å². The minimum atomic E-state index is -0.590. The summed E-state index contributed by atoms with van der Waals surface area (Å²) in [5.41, 5.74) is 11.0. The highest BCUT2D eigenvalue weighted by atomic mass is 16.4. The first-order valence-electron chi connectivity index (χ1n) is 10.8. The van der Waals surface area contributed by atoms with Gasteiger partial charge >= 0.3 is 0 Å². The molecule has 10 heteroatoms. The number of aldehydes is 1. The molecule has 184 valence electrons. The minimum Gasteiger partial charge on any atom is -0.418 e. The lowest BCUT2D eigenvalue weighted by Crippen LogP contribution is -2.35. The van der Waals surface area contributed by atoms with Gasteiger partial charge in [0.15, 0.2) is 0 Å². The van der Waals surface area contributed by atoms with Crippen LogP contribution in [0.4, 0.5) is 5.69 Å². The number of Topliss-reactive ketones (excluding diaryl/α,β-unsaturated/α-hetero) is 1. The lowest BCUT2D eigenvalue weighted by Gasteiger charge is -2.12. The second-order valence-corrected chi connectivity index (χ2v) is 8.83. The van der Waals surface area contributed by atoms with Gasteiger partial charge in [-0.3, -0.25) is 14.2 Å². The maximum Gasteiger partial charge on any atom is 0.285 e. The topological polar surface area (TPSA) is 160 Å². The first-order valence-corrected chi connectivity index (χ1v) is 10.8. The molecule has 10 nitrogen and oxygen atoms in total. The molecule has 1 unspecified atom stereocenters. The smallest absolute Gasteiger partial charge is 0.285 e. The number of ketones is 1. The molecule has 0 amide bonds. The zero-order chi connectivity index (χ0) is 26.1. The Kier molecular flexibility index (Phi) is 10.5. The van der Waals surface area contributed by atoms with E-state index in [1.165, 1.54) is 10.8 Å². The number of carbonyl (C=O) groups excluding carboxylic acids is 2. The Balaban J connectivity index is 0.000000342. The Bertz CT molecular complexity index is 1120. The first-order chi connectivity index (χ1) is 15.8. The average Bonchev–Trinajstić information content (AvgIpc) is 3.27. The Morgan fingerprint density at radius 3 is 2.41 bits per heavy atom. The number of allylic oxidation sites excluding steroid dienone is 5. The van der Waals surface area contributed by atoms with Crippen molar-refractivity contribution in [2.75, 3.05) is 5.73 Å². The second-order valence-electron chi connectivity index (χ2n) is 8.83. The van der Waals surface area contributed by atoms with Crippen LogP contribution in [0.2, 0.25) is 0 Å². The summed E-state index contributed by atoms with van der Waals surface area (Å²) in [7, 11) is 0. The van der Waals surface area contributed by atoms with Crippen molar-refractivity contribution in [1.29, 1.82) is 0 Å². The molecule has 0 bridgehead atoms. The van der Waals surface area contributed by atoms with E-state index in [-0.39, 0.29) is 35.2 Å². The van der Waals surface area contributed by atoms with Gasteiger partial charge in [0.25, 0.3) is 11.4 Å². The van der Waals surface area contributed by atoms with Crippen molar-refractivity contribution < 1.29 is 14.0 Å². The number of nitrogens with two attached hydrogens (primary N) is 2. The van der Waals surface area contributed by atoms with E-state index in [4.69, 9.17) is 15.9 Å². The highest BCUT2D eigenvalue weighted by molar-refractivity contribution is 5.96. The molecular weight excluding hydrogens is 436 g/mol. The van der Waals surface area contributed by atoms with Gasteiger partial charge < -0.3 is 20.7 Å². The molecule has 2 heterocycles. The van der Waals surface area contributed by atoms with Crippen LogP contribution < -0.4 is 17.0 Å². The van der Waals surface area contributed by atoms with E-state index in [2.05, 4.69) is 21.8 Å². The number of aromatic nitrogens is 4. The first kappa shape index (κ1) is 28.4. The maximum absolute atomic E-state index is 11.8. The Labute approximate surface area is 199 Å². The highest BCUT2D eigenvalue weighted by Gasteiger charge is 2.27. The Hall–Kier alpha value is -3.66. The molecule has 0 aliphatic carbocycles. The summed E-state index contributed by atoms with van der Waals surface area (Å²) in [6, 6.07) is -0.590. The van der Waals surface area contributed by atoms with E-state index in [1.807, 2.05) is 53.7 Å². The minimum absolute atomic E-state index is 0.00540. The van der Waals surface area contributed by atoms with Gasteiger partial charge in [0, 0.05) is 11.0 Å². The molecule has 1 atom stereocenters. The zero-order valence-corrected chi connectivity index (χ0v) is 20.6. The van der Waals surface area contributed by atoms with E-state index in [0.717, 1.165) is 0 Å². The van der Waals surface area contributed by atoms with Gasteiger partial charge in [-0.1, -0.05) is 65.5 Å². The summed E-state index contributed by atoms with van der Waals surface area (Å²) in [6.45, 7) is 15.2. The third-order valence-electron chi connectivity index (χ3n) is 4.52. The quantitative estimate of drug-likeness (QED) is 0.336. The lowest BCUT2D eigenvalue weighted by atomic mass is 9.97. The van der Waals surface area contributed by atoms with Crippen molar-refractivity contribution in [2.45, 2.75) is 59.5 Å². The predicted octanol–water partition coefficient (Wildman–Crippen LogP) is 2.70. The van der Waals surface area contributed by atoms with Crippen molar-refractivity contribution in [3.8, 4) is 0 Å². The van der Waals surface area contributed by atoms with E-state index in [0.29, 0.717) is 23.6 Å². The molecule has 2 rings (SSSR count). The Morgan fingerprint density at radius 2 is 1.91 bits per heavy atom. The summed E-state index contributed by atoms with van der Waals surface area (Å²) in [5.74, 6) is 0.551. The molecular formula is C24H34N6O4. The summed E-state index contributed by atoms with van der Waals surface area (Å²) in [6.07, 6.45) is 9.06. The number of nitrogens with zero attached hydrogens (tertiary/aromatic N) is 4. The molecule has 0 fully saturated rings. The number of anilines is 1. The fourth-order valence-electron chi connectivity index (χ4n) is 2.44. The Morgan fingerprint density at radius 1 is 1.26 bits per heavy atom. The third-order valence-corrected chi connectivity index (χ3v) is 4.52. The maximum atomic E-state index is 11.8. The van der Waals surface area contributed by atoms with Crippen LogP contribution >= 0.6 is 0 Å². The molecule has 0 radical (unpaired) electrons. The highest BCUT2D eigenvalue weighted by Crippen LogP contribution is 2.21. The van der Waals surface area contributed by atoms with E-state index in [9.17, 15) is 14.4 Å². The van der Waals surface area contributed by atoms with E-state index in [1.54, 1.807) is 12.2 Å².